The standard InChI is InChI=1S/C20H18N2O4/c1-21-12-16(19(24)22(2)20(21)25)7-9-18(23)15-5-4-14-11-17(26-3)8-6-13(14)10-15/h4-12H,1-3H3. The molecule has 0 amide bonds. The second-order valence-electron chi connectivity index (χ2n) is 5.97. The summed E-state index contributed by atoms with van der Waals surface area (Å²) < 4.78 is 7.50. The summed E-state index contributed by atoms with van der Waals surface area (Å²) in [6.45, 7) is 0. The minimum absolute atomic E-state index is 0.223. The van der Waals surface area contributed by atoms with Crippen LogP contribution in [0.4, 0.5) is 0 Å². The van der Waals surface area contributed by atoms with E-state index in [1.54, 1.807) is 26.3 Å². The third kappa shape index (κ3) is 3.21. The highest BCUT2D eigenvalue weighted by Crippen LogP contribution is 2.22. The number of ketones is 1. The second kappa shape index (κ2) is 6.84. The van der Waals surface area contributed by atoms with Crippen LogP contribution in [0.2, 0.25) is 0 Å². The van der Waals surface area contributed by atoms with Gasteiger partial charge < -0.3 is 9.30 Å². The molecule has 0 unspecified atom stereocenters. The largest absolute Gasteiger partial charge is 0.497 e. The first kappa shape index (κ1) is 17.4. The molecular weight excluding hydrogens is 332 g/mol. The third-order valence-corrected chi connectivity index (χ3v) is 4.22. The monoisotopic (exact) mass is 350 g/mol. The van der Waals surface area contributed by atoms with Gasteiger partial charge >= 0.3 is 5.69 Å². The Kier molecular flexibility index (Phi) is 4.58. The summed E-state index contributed by atoms with van der Waals surface area (Å²) in [5.74, 6) is 0.528. The lowest BCUT2D eigenvalue weighted by molar-refractivity contribution is 0.104. The van der Waals surface area contributed by atoms with Crippen molar-refractivity contribution in [1.29, 1.82) is 0 Å². The van der Waals surface area contributed by atoms with Gasteiger partial charge in [0.15, 0.2) is 5.78 Å². The first-order chi connectivity index (χ1) is 12.4. The Labute approximate surface area is 149 Å². The fourth-order valence-corrected chi connectivity index (χ4v) is 2.72. The molecule has 6 nitrogen and oxygen atoms in total. The number of rotatable bonds is 4. The highest BCUT2D eigenvalue weighted by molar-refractivity contribution is 6.08. The molecule has 0 aliphatic carbocycles. The molecule has 0 spiro atoms. The number of carbonyl (C=O) groups is 1. The molecule has 6 heteroatoms. The lowest BCUT2D eigenvalue weighted by atomic mass is 10.0. The maximum absolute atomic E-state index is 12.4. The van der Waals surface area contributed by atoms with Crippen molar-refractivity contribution in [3.63, 3.8) is 0 Å². The Balaban J connectivity index is 1.93. The highest BCUT2D eigenvalue weighted by atomic mass is 16.5. The van der Waals surface area contributed by atoms with Gasteiger partial charge in [-0.2, -0.15) is 0 Å². The Hall–Kier alpha value is -3.41. The highest BCUT2D eigenvalue weighted by Gasteiger charge is 2.07. The van der Waals surface area contributed by atoms with Crippen molar-refractivity contribution in [2.75, 3.05) is 7.11 Å². The molecule has 1 aromatic heterocycles. The number of allylic oxidation sites excluding steroid dienone is 1. The summed E-state index contributed by atoms with van der Waals surface area (Å²) in [6, 6.07) is 11.0. The van der Waals surface area contributed by atoms with Gasteiger partial charge in [0.05, 0.1) is 12.7 Å². The summed E-state index contributed by atoms with van der Waals surface area (Å²) in [5.41, 5.74) is -0.0692. The van der Waals surface area contributed by atoms with E-state index in [-0.39, 0.29) is 11.3 Å². The van der Waals surface area contributed by atoms with Crippen LogP contribution in [-0.4, -0.2) is 22.0 Å². The number of benzene rings is 2. The van der Waals surface area contributed by atoms with E-state index in [4.69, 9.17) is 4.74 Å². The van der Waals surface area contributed by atoms with Gasteiger partial charge in [-0.3, -0.25) is 14.2 Å². The van der Waals surface area contributed by atoms with Crippen molar-refractivity contribution in [3.05, 3.63) is 80.6 Å². The van der Waals surface area contributed by atoms with Crippen molar-refractivity contribution < 1.29 is 9.53 Å². The van der Waals surface area contributed by atoms with Crippen LogP contribution in [0.3, 0.4) is 0 Å². The maximum atomic E-state index is 12.4. The number of hydrogen-bond donors (Lipinski definition) is 0. The van der Waals surface area contributed by atoms with Crippen LogP contribution in [0, 0.1) is 0 Å². The lowest BCUT2D eigenvalue weighted by Gasteiger charge is -2.04. The molecule has 0 N–H and O–H groups in total. The van der Waals surface area contributed by atoms with Crippen molar-refractivity contribution in [2.24, 2.45) is 14.1 Å². The summed E-state index contributed by atoms with van der Waals surface area (Å²) in [7, 11) is 4.56. The van der Waals surface area contributed by atoms with Gasteiger partial charge in [-0.05, 0) is 41.1 Å². The summed E-state index contributed by atoms with van der Waals surface area (Å²) in [5, 5.41) is 1.89. The number of ether oxygens (including phenoxy) is 1. The Morgan fingerprint density at radius 1 is 1.04 bits per heavy atom. The SMILES string of the molecule is COc1ccc2cc(C(=O)C=Cc3cn(C)c(=O)n(C)c3=O)ccc2c1. The van der Waals surface area contributed by atoms with Crippen LogP contribution in [0.15, 0.2) is 58.3 Å². The quantitative estimate of drug-likeness (QED) is 0.534. The normalized spacial score (nSPS) is 11.2. The number of nitrogens with zero attached hydrogens (tertiary/aromatic N) is 2. The molecule has 0 fully saturated rings. The van der Waals surface area contributed by atoms with E-state index >= 15 is 0 Å². The Bertz CT molecular complexity index is 1150. The van der Waals surface area contributed by atoms with Crippen LogP contribution in [0.1, 0.15) is 15.9 Å². The Morgan fingerprint density at radius 2 is 1.73 bits per heavy atom. The number of methoxy groups -OCH3 is 1. The van der Waals surface area contributed by atoms with Crippen LogP contribution >= 0.6 is 0 Å². The smallest absolute Gasteiger partial charge is 0.330 e. The average molecular weight is 350 g/mol. The van der Waals surface area contributed by atoms with Gasteiger partial charge in [0, 0.05) is 25.9 Å². The van der Waals surface area contributed by atoms with Crippen LogP contribution < -0.4 is 16.0 Å². The van der Waals surface area contributed by atoms with Crippen LogP contribution in [-0.2, 0) is 14.1 Å². The molecule has 0 bridgehead atoms. The van der Waals surface area contributed by atoms with Crippen molar-refractivity contribution in [3.8, 4) is 5.75 Å². The van der Waals surface area contributed by atoms with E-state index in [9.17, 15) is 14.4 Å². The molecule has 26 heavy (non-hydrogen) atoms. The van der Waals surface area contributed by atoms with Crippen molar-refractivity contribution >= 4 is 22.6 Å². The van der Waals surface area contributed by atoms with E-state index in [0.717, 1.165) is 21.1 Å². The topological polar surface area (TPSA) is 70.3 Å². The molecule has 0 aliphatic heterocycles. The van der Waals surface area contributed by atoms with E-state index in [0.29, 0.717) is 5.56 Å². The number of carbonyl (C=O) groups excluding carboxylic acids is 1. The molecule has 1 heterocycles. The van der Waals surface area contributed by atoms with E-state index in [2.05, 4.69) is 0 Å². The number of aryl methyl sites for hydroxylation is 1. The molecule has 0 aliphatic rings. The zero-order valence-electron chi connectivity index (χ0n) is 14.7. The lowest BCUT2D eigenvalue weighted by Crippen LogP contribution is -2.37. The van der Waals surface area contributed by atoms with E-state index in [1.165, 1.54) is 30.0 Å². The van der Waals surface area contributed by atoms with Gasteiger partial charge in [-0.25, -0.2) is 4.79 Å². The first-order valence-corrected chi connectivity index (χ1v) is 7.97. The van der Waals surface area contributed by atoms with Crippen LogP contribution in [0.25, 0.3) is 16.8 Å². The summed E-state index contributed by atoms with van der Waals surface area (Å²) >= 11 is 0. The molecule has 3 rings (SSSR count). The maximum Gasteiger partial charge on any atom is 0.330 e. The molecule has 132 valence electrons. The number of hydrogen-bond acceptors (Lipinski definition) is 4. The van der Waals surface area contributed by atoms with Gasteiger partial charge in [-0.1, -0.05) is 18.2 Å². The minimum Gasteiger partial charge on any atom is -0.497 e. The second-order valence-corrected chi connectivity index (χ2v) is 5.97. The predicted octanol–water partition coefficient (Wildman–Crippen LogP) is 2.14. The van der Waals surface area contributed by atoms with Gasteiger partial charge in [0.1, 0.15) is 5.75 Å². The van der Waals surface area contributed by atoms with Gasteiger partial charge in [0.25, 0.3) is 5.56 Å². The molecule has 0 saturated heterocycles. The fourth-order valence-electron chi connectivity index (χ4n) is 2.72. The van der Waals surface area contributed by atoms with E-state index in [1.807, 2.05) is 24.3 Å². The predicted molar refractivity (Wildman–Crippen MR) is 101 cm³/mol. The molecule has 0 atom stereocenters. The van der Waals surface area contributed by atoms with E-state index < -0.39 is 11.2 Å². The molecule has 3 aromatic rings. The Morgan fingerprint density at radius 3 is 2.46 bits per heavy atom. The van der Waals surface area contributed by atoms with Crippen molar-refractivity contribution in [1.82, 2.24) is 9.13 Å². The molecule has 0 radical (unpaired) electrons. The molecular formula is C20H18N2O4. The summed E-state index contributed by atoms with van der Waals surface area (Å²) in [4.78, 5) is 36.2. The molecule has 2 aromatic carbocycles. The minimum atomic E-state index is -0.442. The molecule has 0 saturated carbocycles. The first-order valence-electron chi connectivity index (χ1n) is 7.97. The number of fused-ring (bicyclic) bond motifs is 1. The fraction of sp³-hybridized carbons (Fsp3) is 0.150. The average Bonchev–Trinajstić information content (AvgIpc) is 2.66. The van der Waals surface area contributed by atoms with Crippen molar-refractivity contribution in [2.45, 2.75) is 0 Å². The summed E-state index contributed by atoms with van der Waals surface area (Å²) in [6.07, 6.45) is 4.19. The van der Waals surface area contributed by atoms with Gasteiger partial charge in [-0.15, -0.1) is 0 Å². The zero-order chi connectivity index (χ0) is 18.8. The van der Waals surface area contributed by atoms with Crippen LogP contribution in [0.5, 0.6) is 5.75 Å². The van der Waals surface area contributed by atoms with Gasteiger partial charge in [0.2, 0.25) is 0 Å². The third-order valence-electron chi connectivity index (χ3n) is 4.22. The zero-order valence-corrected chi connectivity index (χ0v) is 14.7. The number of aromatic nitrogens is 2.